The minimum Gasteiger partial charge on any atom is -0.475 e. The molecule has 0 aliphatic carbocycles. The summed E-state index contributed by atoms with van der Waals surface area (Å²) in [4.78, 5) is 8.97. The smallest absolute Gasteiger partial charge is 0.371 e. The molecular formula is C17H13F5O3S. The van der Waals surface area contributed by atoms with E-state index in [0.29, 0.717) is 41.5 Å². The van der Waals surface area contributed by atoms with Gasteiger partial charge in [0.05, 0.1) is 0 Å². The SMILES string of the molecule is O=C(O)c1cc2ccc(CCc3ccc(S(F)(F)(F)(F)F)cc3)cc2o1. The molecular weight excluding hydrogens is 379 g/mol. The van der Waals surface area contributed by atoms with E-state index in [1.807, 2.05) is 0 Å². The zero-order chi connectivity index (χ0) is 19.2. The Bertz CT molecular complexity index is 992. The van der Waals surface area contributed by atoms with Crippen molar-refractivity contribution in [2.24, 2.45) is 0 Å². The number of aryl methyl sites for hydroxylation is 2. The van der Waals surface area contributed by atoms with Crippen LogP contribution in [0.25, 0.3) is 11.0 Å². The highest BCUT2D eigenvalue weighted by molar-refractivity contribution is 8.45. The van der Waals surface area contributed by atoms with Crippen LogP contribution in [0, 0.1) is 0 Å². The zero-order valence-corrected chi connectivity index (χ0v) is 13.9. The number of hydrogen-bond donors (Lipinski definition) is 1. The molecule has 9 heteroatoms. The van der Waals surface area contributed by atoms with E-state index in [1.165, 1.54) is 6.07 Å². The lowest BCUT2D eigenvalue weighted by molar-refractivity contribution is 0.0665. The van der Waals surface area contributed by atoms with E-state index in [2.05, 4.69) is 0 Å². The summed E-state index contributed by atoms with van der Waals surface area (Å²) in [6, 6.07) is 9.30. The normalized spacial score (nSPS) is 14.8. The van der Waals surface area contributed by atoms with Gasteiger partial charge in [0.15, 0.2) is 0 Å². The molecule has 0 aliphatic rings. The van der Waals surface area contributed by atoms with E-state index in [1.54, 1.807) is 18.2 Å². The van der Waals surface area contributed by atoms with Crippen molar-refractivity contribution in [2.75, 3.05) is 0 Å². The van der Waals surface area contributed by atoms with Gasteiger partial charge in [0.1, 0.15) is 10.5 Å². The fraction of sp³-hybridized carbons (Fsp3) is 0.118. The highest BCUT2D eigenvalue weighted by Crippen LogP contribution is 3.02. The molecule has 3 rings (SSSR count). The van der Waals surface area contributed by atoms with E-state index in [4.69, 9.17) is 9.52 Å². The maximum Gasteiger partial charge on any atom is 0.371 e. The van der Waals surface area contributed by atoms with Gasteiger partial charge in [0.2, 0.25) is 5.76 Å². The Morgan fingerprint density at radius 2 is 1.46 bits per heavy atom. The van der Waals surface area contributed by atoms with Crippen LogP contribution in [0.3, 0.4) is 0 Å². The van der Waals surface area contributed by atoms with E-state index in [-0.39, 0.29) is 5.76 Å². The molecule has 0 saturated heterocycles. The summed E-state index contributed by atoms with van der Waals surface area (Å²) < 4.78 is 68.6. The predicted molar refractivity (Wildman–Crippen MR) is 88.4 cm³/mol. The Balaban J connectivity index is 1.75. The second-order valence-electron chi connectivity index (χ2n) is 5.90. The molecule has 26 heavy (non-hydrogen) atoms. The lowest BCUT2D eigenvalue weighted by Crippen LogP contribution is -2.06. The second kappa shape index (κ2) is 5.23. The first kappa shape index (κ1) is 18.2. The number of carboxylic acids is 1. The van der Waals surface area contributed by atoms with Crippen molar-refractivity contribution in [1.82, 2.24) is 0 Å². The van der Waals surface area contributed by atoms with Gasteiger partial charge >= 0.3 is 16.2 Å². The molecule has 0 atom stereocenters. The number of aromatic carboxylic acids is 1. The van der Waals surface area contributed by atoms with E-state index in [0.717, 1.165) is 17.7 Å². The van der Waals surface area contributed by atoms with E-state index >= 15 is 0 Å². The highest BCUT2D eigenvalue weighted by Gasteiger charge is 2.65. The van der Waals surface area contributed by atoms with Crippen LogP contribution in [0.5, 0.6) is 0 Å². The van der Waals surface area contributed by atoms with Crippen LogP contribution in [0.15, 0.2) is 57.8 Å². The van der Waals surface area contributed by atoms with Crippen LogP contribution in [-0.2, 0) is 12.8 Å². The van der Waals surface area contributed by atoms with Crippen molar-refractivity contribution in [3.8, 4) is 0 Å². The fourth-order valence-corrected chi connectivity index (χ4v) is 3.19. The molecule has 1 heterocycles. The third-order valence-corrected chi connectivity index (χ3v) is 5.03. The molecule has 2 aromatic carbocycles. The maximum atomic E-state index is 12.7. The van der Waals surface area contributed by atoms with Crippen LogP contribution in [0.2, 0.25) is 0 Å². The molecule has 0 radical (unpaired) electrons. The van der Waals surface area contributed by atoms with Crippen LogP contribution in [-0.4, -0.2) is 11.1 Å². The molecule has 3 aromatic rings. The summed E-state index contributed by atoms with van der Waals surface area (Å²) in [5, 5.41) is 9.52. The molecule has 140 valence electrons. The fourth-order valence-electron chi connectivity index (χ4n) is 2.54. The first-order valence-electron chi connectivity index (χ1n) is 7.41. The maximum absolute atomic E-state index is 12.7. The highest BCUT2D eigenvalue weighted by atomic mass is 32.5. The first-order chi connectivity index (χ1) is 11.8. The Morgan fingerprint density at radius 3 is 2.04 bits per heavy atom. The third kappa shape index (κ3) is 3.98. The quantitative estimate of drug-likeness (QED) is 0.500. The Labute approximate surface area is 144 Å². The van der Waals surface area contributed by atoms with E-state index in [9.17, 15) is 24.2 Å². The number of carbonyl (C=O) groups is 1. The average molecular weight is 392 g/mol. The summed E-state index contributed by atoms with van der Waals surface area (Å²) in [6.07, 6.45) is 0.757. The topological polar surface area (TPSA) is 50.4 Å². The zero-order valence-electron chi connectivity index (χ0n) is 13.1. The number of carboxylic acid groups (broad SMARTS) is 1. The molecule has 0 fully saturated rings. The van der Waals surface area contributed by atoms with Crippen LogP contribution in [0.4, 0.5) is 19.4 Å². The van der Waals surface area contributed by atoms with Crippen LogP contribution < -0.4 is 0 Å². The van der Waals surface area contributed by atoms with Gasteiger partial charge in [-0.15, -0.1) is 0 Å². The van der Waals surface area contributed by atoms with Crippen molar-refractivity contribution in [1.29, 1.82) is 0 Å². The largest absolute Gasteiger partial charge is 0.475 e. The molecule has 0 saturated carbocycles. The summed E-state index contributed by atoms with van der Waals surface area (Å²) >= 11 is 0. The summed E-state index contributed by atoms with van der Waals surface area (Å²) in [6.45, 7) is 0. The number of fused-ring (bicyclic) bond motifs is 1. The van der Waals surface area contributed by atoms with Gasteiger partial charge in [-0.3, -0.25) is 0 Å². The van der Waals surface area contributed by atoms with Crippen molar-refractivity contribution in [2.45, 2.75) is 17.7 Å². The minimum atomic E-state index is -9.65. The summed E-state index contributed by atoms with van der Waals surface area (Å²) in [7, 11) is -9.65. The molecule has 3 nitrogen and oxygen atoms in total. The van der Waals surface area contributed by atoms with Gasteiger partial charge in [-0.1, -0.05) is 43.7 Å². The first-order valence-corrected chi connectivity index (χ1v) is 9.36. The van der Waals surface area contributed by atoms with Gasteiger partial charge in [0, 0.05) is 5.39 Å². The summed E-state index contributed by atoms with van der Waals surface area (Å²) in [5.41, 5.74) is 1.64. The van der Waals surface area contributed by atoms with Gasteiger partial charge in [0.25, 0.3) is 0 Å². The Kier molecular flexibility index (Phi) is 3.67. The van der Waals surface area contributed by atoms with Crippen molar-refractivity contribution in [3.05, 3.63) is 65.4 Å². The molecule has 1 aromatic heterocycles. The number of halogens is 5. The van der Waals surface area contributed by atoms with Gasteiger partial charge < -0.3 is 9.52 Å². The van der Waals surface area contributed by atoms with E-state index < -0.39 is 21.1 Å². The average Bonchev–Trinajstić information content (AvgIpc) is 2.94. The number of hydrogen-bond acceptors (Lipinski definition) is 2. The number of furan rings is 1. The minimum absolute atomic E-state index is 0.191. The molecule has 0 aliphatic heterocycles. The lowest BCUT2D eigenvalue weighted by atomic mass is 10.0. The van der Waals surface area contributed by atoms with Gasteiger partial charge in [-0.2, -0.15) is 0 Å². The number of rotatable bonds is 5. The van der Waals surface area contributed by atoms with Crippen molar-refractivity contribution < 1.29 is 33.7 Å². The molecule has 1 N–H and O–H groups in total. The van der Waals surface area contributed by atoms with Crippen molar-refractivity contribution >= 4 is 27.2 Å². The standard InChI is InChI=1S/C17H13F5O3S/c18-26(19,20,21,22)14-7-4-11(5-8-14)1-2-12-3-6-13-10-16(17(23)24)25-15(13)9-12/h3-10H,1-2H2,(H,23,24). The summed E-state index contributed by atoms with van der Waals surface area (Å²) in [5.74, 6) is -1.38. The van der Waals surface area contributed by atoms with Gasteiger partial charge in [-0.25, -0.2) is 4.79 Å². The monoisotopic (exact) mass is 392 g/mol. The molecule has 0 spiro atoms. The third-order valence-electron chi connectivity index (χ3n) is 3.87. The van der Waals surface area contributed by atoms with Gasteiger partial charge in [-0.05, 0) is 48.2 Å². The molecule has 0 amide bonds. The number of benzene rings is 2. The Hall–Kier alpha value is -2.55. The second-order valence-corrected chi connectivity index (χ2v) is 8.31. The molecule has 0 unspecified atom stereocenters. The predicted octanol–water partition coefficient (Wildman–Crippen LogP) is 6.57. The lowest BCUT2D eigenvalue weighted by Gasteiger charge is -2.40. The van der Waals surface area contributed by atoms with Crippen LogP contribution in [0.1, 0.15) is 21.7 Å². The molecule has 0 bridgehead atoms. The van der Waals surface area contributed by atoms with Crippen molar-refractivity contribution in [3.63, 3.8) is 0 Å². The Morgan fingerprint density at radius 1 is 0.885 bits per heavy atom. The van der Waals surface area contributed by atoms with Crippen LogP contribution >= 0.6 is 10.2 Å².